The number of aryl methyl sites for hydroxylation is 1. The van der Waals surface area contributed by atoms with Crippen LogP contribution in [0.1, 0.15) is 17.7 Å². The molecule has 7 nitrogen and oxygen atoms in total. The molecule has 0 atom stereocenters. The largest absolute Gasteiger partial charge is 0.417 e. The van der Waals surface area contributed by atoms with Crippen molar-refractivity contribution in [2.45, 2.75) is 19.0 Å². The van der Waals surface area contributed by atoms with Crippen molar-refractivity contribution in [3.63, 3.8) is 0 Å². The minimum atomic E-state index is -4.49. The van der Waals surface area contributed by atoms with Gasteiger partial charge in [0.2, 0.25) is 11.9 Å². The fourth-order valence-electron chi connectivity index (χ4n) is 2.00. The lowest BCUT2D eigenvalue weighted by Gasteiger charge is -2.08. The SMILES string of the molecule is O=C(CCc1cnc[nH]1)Nc1nnc2ccc(C(F)(F)F)cn12. The van der Waals surface area contributed by atoms with Crippen molar-refractivity contribution in [3.8, 4) is 0 Å². The zero-order chi connectivity index (χ0) is 16.4. The first-order valence-corrected chi connectivity index (χ1v) is 6.62. The lowest BCUT2D eigenvalue weighted by molar-refractivity contribution is -0.137. The van der Waals surface area contributed by atoms with Crippen LogP contribution in [0.3, 0.4) is 0 Å². The molecule has 3 aromatic rings. The summed E-state index contributed by atoms with van der Waals surface area (Å²) in [6.45, 7) is 0. The van der Waals surface area contributed by atoms with Gasteiger partial charge in [-0.2, -0.15) is 13.2 Å². The Kier molecular flexibility index (Phi) is 3.72. The van der Waals surface area contributed by atoms with Gasteiger partial charge < -0.3 is 4.98 Å². The molecule has 0 aliphatic carbocycles. The van der Waals surface area contributed by atoms with E-state index in [2.05, 4.69) is 25.5 Å². The van der Waals surface area contributed by atoms with Gasteiger partial charge in [0.15, 0.2) is 5.65 Å². The summed E-state index contributed by atoms with van der Waals surface area (Å²) in [5, 5.41) is 9.87. The van der Waals surface area contributed by atoms with Gasteiger partial charge in [-0.1, -0.05) is 0 Å². The van der Waals surface area contributed by atoms with Gasteiger partial charge in [-0.15, -0.1) is 10.2 Å². The van der Waals surface area contributed by atoms with E-state index in [1.54, 1.807) is 6.20 Å². The Morgan fingerprint density at radius 2 is 2.13 bits per heavy atom. The summed E-state index contributed by atoms with van der Waals surface area (Å²) in [6.07, 6.45) is 0.0138. The summed E-state index contributed by atoms with van der Waals surface area (Å²) in [5.41, 5.74) is 0.144. The van der Waals surface area contributed by atoms with Crippen LogP contribution >= 0.6 is 0 Å². The Bertz CT molecular complexity index is 824. The number of aromatic amines is 1. The molecular formula is C13H11F3N6O. The van der Waals surface area contributed by atoms with E-state index >= 15 is 0 Å². The molecule has 3 aromatic heterocycles. The van der Waals surface area contributed by atoms with E-state index in [4.69, 9.17) is 0 Å². The van der Waals surface area contributed by atoms with E-state index in [0.29, 0.717) is 6.42 Å². The van der Waals surface area contributed by atoms with E-state index in [-0.39, 0.29) is 23.9 Å². The van der Waals surface area contributed by atoms with Crippen LogP contribution in [0.4, 0.5) is 19.1 Å². The van der Waals surface area contributed by atoms with Crippen molar-refractivity contribution in [2.24, 2.45) is 0 Å². The number of H-pyrrole nitrogens is 1. The van der Waals surface area contributed by atoms with E-state index in [1.165, 1.54) is 12.4 Å². The minimum absolute atomic E-state index is 0.0549. The first kappa shape index (κ1) is 15.0. The molecule has 1 amide bonds. The van der Waals surface area contributed by atoms with Crippen LogP contribution in [-0.2, 0) is 17.4 Å². The predicted molar refractivity (Wildman–Crippen MR) is 73.5 cm³/mol. The number of carbonyl (C=O) groups excluding carboxylic acids is 1. The molecule has 0 saturated carbocycles. The molecule has 0 fully saturated rings. The molecule has 0 aromatic carbocycles. The highest BCUT2D eigenvalue weighted by molar-refractivity contribution is 5.89. The molecule has 0 radical (unpaired) electrons. The maximum absolute atomic E-state index is 12.7. The summed E-state index contributed by atoms with van der Waals surface area (Å²) in [6, 6.07) is 2.10. The fraction of sp³-hybridized carbons (Fsp3) is 0.231. The number of nitrogens with zero attached hydrogens (tertiary/aromatic N) is 4. The maximum Gasteiger partial charge on any atom is 0.417 e. The van der Waals surface area contributed by atoms with Crippen molar-refractivity contribution < 1.29 is 18.0 Å². The molecule has 0 bridgehead atoms. The van der Waals surface area contributed by atoms with Crippen molar-refractivity contribution in [3.05, 3.63) is 42.1 Å². The van der Waals surface area contributed by atoms with E-state index in [9.17, 15) is 18.0 Å². The number of rotatable bonds is 4. The molecule has 120 valence electrons. The van der Waals surface area contributed by atoms with Gasteiger partial charge in [0.25, 0.3) is 0 Å². The molecule has 0 unspecified atom stereocenters. The molecule has 0 aliphatic rings. The van der Waals surface area contributed by atoms with Gasteiger partial charge >= 0.3 is 6.18 Å². The smallest absolute Gasteiger partial charge is 0.348 e. The number of anilines is 1. The highest BCUT2D eigenvalue weighted by Gasteiger charge is 2.31. The lowest BCUT2D eigenvalue weighted by atomic mass is 10.2. The van der Waals surface area contributed by atoms with Crippen LogP contribution in [0.25, 0.3) is 5.65 Å². The number of pyridine rings is 1. The molecule has 3 heterocycles. The zero-order valence-electron chi connectivity index (χ0n) is 11.6. The highest BCUT2D eigenvalue weighted by atomic mass is 19.4. The lowest BCUT2D eigenvalue weighted by Crippen LogP contribution is -2.15. The molecule has 23 heavy (non-hydrogen) atoms. The quantitative estimate of drug-likeness (QED) is 0.769. The topological polar surface area (TPSA) is 88.0 Å². The second-order valence-corrected chi connectivity index (χ2v) is 4.79. The minimum Gasteiger partial charge on any atom is -0.348 e. The Balaban J connectivity index is 1.75. The predicted octanol–water partition coefficient (Wildman–Crippen LogP) is 2.04. The molecule has 0 aliphatic heterocycles. The van der Waals surface area contributed by atoms with Crippen molar-refractivity contribution in [2.75, 3.05) is 5.32 Å². The number of amides is 1. The van der Waals surface area contributed by atoms with Gasteiger partial charge in [0.05, 0.1) is 11.9 Å². The Morgan fingerprint density at radius 3 is 2.83 bits per heavy atom. The summed E-state index contributed by atoms with van der Waals surface area (Å²) >= 11 is 0. The second kappa shape index (κ2) is 5.71. The summed E-state index contributed by atoms with van der Waals surface area (Å²) in [5.74, 6) is -0.438. The molecule has 0 spiro atoms. The van der Waals surface area contributed by atoms with Crippen LogP contribution in [0.15, 0.2) is 30.9 Å². The average Bonchev–Trinajstić information content (AvgIpc) is 3.14. The van der Waals surface area contributed by atoms with Gasteiger partial charge in [-0.05, 0) is 18.6 Å². The van der Waals surface area contributed by atoms with Crippen LogP contribution in [0.5, 0.6) is 0 Å². The van der Waals surface area contributed by atoms with E-state index in [0.717, 1.165) is 22.4 Å². The van der Waals surface area contributed by atoms with Gasteiger partial charge in [-0.25, -0.2) is 4.98 Å². The number of fused-ring (bicyclic) bond motifs is 1. The summed E-state index contributed by atoms with van der Waals surface area (Å²) in [4.78, 5) is 18.6. The first-order valence-electron chi connectivity index (χ1n) is 6.62. The van der Waals surface area contributed by atoms with Crippen LogP contribution in [0, 0.1) is 0 Å². The fourth-order valence-corrected chi connectivity index (χ4v) is 2.00. The summed E-state index contributed by atoms with van der Waals surface area (Å²) in [7, 11) is 0. The maximum atomic E-state index is 12.7. The molecule has 0 saturated heterocycles. The van der Waals surface area contributed by atoms with Crippen molar-refractivity contribution in [1.29, 1.82) is 0 Å². The van der Waals surface area contributed by atoms with Crippen LogP contribution in [-0.4, -0.2) is 30.5 Å². The molecular weight excluding hydrogens is 313 g/mol. The number of nitrogens with one attached hydrogen (secondary N) is 2. The number of imidazole rings is 1. The van der Waals surface area contributed by atoms with Crippen LogP contribution < -0.4 is 5.32 Å². The van der Waals surface area contributed by atoms with Crippen LogP contribution in [0.2, 0.25) is 0 Å². The number of hydrogen-bond donors (Lipinski definition) is 2. The van der Waals surface area contributed by atoms with Crippen molar-refractivity contribution in [1.82, 2.24) is 24.6 Å². The zero-order valence-corrected chi connectivity index (χ0v) is 11.6. The van der Waals surface area contributed by atoms with Crippen molar-refractivity contribution >= 4 is 17.5 Å². The third-order valence-corrected chi connectivity index (χ3v) is 3.16. The van der Waals surface area contributed by atoms with Gasteiger partial charge in [0.1, 0.15) is 0 Å². The van der Waals surface area contributed by atoms with Gasteiger partial charge in [-0.3, -0.25) is 14.5 Å². The number of aromatic nitrogens is 5. The number of alkyl halides is 3. The third-order valence-electron chi connectivity index (χ3n) is 3.16. The van der Waals surface area contributed by atoms with E-state index < -0.39 is 11.7 Å². The monoisotopic (exact) mass is 324 g/mol. The number of carbonyl (C=O) groups is 1. The average molecular weight is 324 g/mol. The number of hydrogen-bond acceptors (Lipinski definition) is 4. The molecule has 3 rings (SSSR count). The van der Waals surface area contributed by atoms with Gasteiger partial charge in [0, 0.05) is 24.5 Å². The normalized spacial score (nSPS) is 11.8. The Morgan fingerprint density at radius 1 is 1.30 bits per heavy atom. The Labute approximate surface area is 127 Å². The standard InChI is InChI=1S/C13H11F3N6O/c14-13(15,16)8-1-3-10-20-21-12(22(10)6-8)19-11(23)4-2-9-5-17-7-18-9/h1,3,5-7H,2,4H2,(H,17,18)(H,19,21,23). The molecule has 10 heteroatoms. The highest BCUT2D eigenvalue weighted by Crippen LogP contribution is 2.29. The first-order chi connectivity index (χ1) is 10.9. The summed E-state index contributed by atoms with van der Waals surface area (Å²) < 4.78 is 39.3. The second-order valence-electron chi connectivity index (χ2n) is 4.79. The molecule has 2 N–H and O–H groups in total. The Hall–Kier alpha value is -2.91. The number of halogens is 3. The van der Waals surface area contributed by atoms with E-state index in [1.807, 2.05) is 0 Å². The third kappa shape index (κ3) is 3.30.